The summed E-state index contributed by atoms with van der Waals surface area (Å²) in [5.41, 5.74) is 0. The zero-order valence-electron chi connectivity index (χ0n) is 6.29. The molecule has 0 amide bonds. The zero-order valence-corrected chi connectivity index (χ0v) is 6.29. The fraction of sp³-hybridized carbons (Fsp3) is 1.00. The van der Waals surface area contributed by atoms with Crippen LogP contribution in [0.3, 0.4) is 0 Å². The lowest BCUT2D eigenvalue weighted by molar-refractivity contribution is -0.271. The Kier molecular flexibility index (Phi) is 2.67. The van der Waals surface area contributed by atoms with E-state index in [4.69, 9.17) is 20.4 Å². The topological polar surface area (TPSA) is 110 Å². The molecule has 1 aliphatic heterocycles. The van der Waals surface area contributed by atoms with E-state index in [1.807, 2.05) is 0 Å². The summed E-state index contributed by atoms with van der Waals surface area (Å²) < 4.78 is 4.56. The molecule has 12 heavy (non-hydrogen) atoms. The van der Waals surface area contributed by atoms with Gasteiger partial charge in [0.25, 0.3) is 0 Å². The van der Waals surface area contributed by atoms with Gasteiger partial charge in [-0.25, -0.2) is 0 Å². The van der Waals surface area contributed by atoms with Gasteiger partial charge in [-0.1, -0.05) is 0 Å². The summed E-state index contributed by atoms with van der Waals surface area (Å²) in [5.74, 6) is -2.26. The van der Waals surface area contributed by atoms with Gasteiger partial charge < -0.3 is 30.3 Å². The maximum atomic E-state index is 9.36. The molecule has 4 atom stereocenters. The first kappa shape index (κ1) is 9.85. The Hall–Kier alpha value is -0.240. The lowest BCUT2D eigenvalue weighted by Gasteiger charge is -2.29. The Morgan fingerprint density at radius 1 is 1.50 bits per heavy atom. The van der Waals surface area contributed by atoms with Crippen LogP contribution in [0.1, 0.15) is 0 Å². The van der Waals surface area contributed by atoms with Gasteiger partial charge >= 0.3 is 0 Å². The van der Waals surface area contributed by atoms with E-state index < -0.39 is 30.7 Å². The van der Waals surface area contributed by atoms with Gasteiger partial charge in [-0.15, -0.1) is 0 Å². The summed E-state index contributed by atoms with van der Waals surface area (Å²) >= 11 is 0. The van der Waals surface area contributed by atoms with E-state index in [-0.39, 0.29) is 6.61 Å². The van der Waals surface area contributed by atoms with Crippen LogP contribution in [-0.4, -0.2) is 62.8 Å². The highest BCUT2D eigenvalue weighted by atomic mass is 16.7. The molecule has 1 saturated heterocycles. The van der Waals surface area contributed by atoms with Crippen LogP contribution < -0.4 is 0 Å². The first-order valence-electron chi connectivity index (χ1n) is 3.53. The van der Waals surface area contributed by atoms with Crippen molar-refractivity contribution in [2.24, 2.45) is 0 Å². The highest BCUT2D eigenvalue weighted by Crippen LogP contribution is 2.27. The van der Waals surface area contributed by atoms with Crippen LogP contribution in [-0.2, 0) is 4.74 Å². The molecule has 2 unspecified atom stereocenters. The molecule has 1 rings (SSSR count). The van der Waals surface area contributed by atoms with E-state index >= 15 is 0 Å². The van der Waals surface area contributed by atoms with Crippen molar-refractivity contribution >= 4 is 0 Å². The van der Waals surface area contributed by atoms with E-state index in [2.05, 4.69) is 4.74 Å². The van der Waals surface area contributed by atoms with Gasteiger partial charge in [-0.3, -0.25) is 0 Å². The molecule has 0 aliphatic carbocycles. The van der Waals surface area contributed by atoms with Crippen molar-refractivity contribution in [1.82, 2.24) is 0 Å². The fourth-order valence-electron chi connectivity index (χ4n) is 1.10. The second kappa shape index (κ2) is 3.25. The Bertz CT molecular complexity index is 162. The third-order valence-corrected chi connectivity index (χ3v) is 1.92. The van der Waals surface area contributed by atoms with Gasteiger partial charge in [-0.05, 0) is 0 Å². The summed E-state index contributed by atoms with van der Waals surface area (Å²) in [5, 5.41) is 44.9. The SMILES string of the molecule is OCC(O)C1(O)OC[C@@H](O)[C@H]1O. The molecule has 1 fully saturated rings. The monoisotopic (exact) mass is 180 g/mol. The second-order valence-electron chi connectivity index (χ2n) is 2.77. The van der Waals surface area contributed by atoms with Crippen LogP contribution in [0.5, 0.6) is 0 Å². The Morgan fingerprint density at radius 2 is 2.08 bits per heavy atom. The largest absolute Gasteiger partial charge is 0.393 e. The number of hydrogen-bond donors (Lipinski definition) is 5. The Morgan fingerprint density at radius 3 is 2.42 bits per heavy atom. The van der Waals surface area contributed by atoms with E-state index in [0.717, 1.165) is 0 Å². The van der Waals surface area contributed by atoms with Crippen LogP contribution in [0.25, 0.3) is 0 Å². The fourth-order valence-corrected chi connectivity index (χ4v) is 1.10. The maximum Gasteiger partial charge on any atom is 0.224 e. The summed E-state index contributed by atoms with van der Waals surface area (Å²) in [6, 6.07) is 0. The van der Waals surface area contributed by atoms with E-state index in [0.29, 0.717) is 0 Å². The minimum Gasteiger partial charge on any atom is -0.393 e. The first-order valence-corrected chi connectivity index (χ1v) is 3.53. The standard InChI is InChI=1S/C6H12O6/c7-1-4(9)6(11)5(10)3(8)2-12-6/h3-5,7-11H,1-2H2/t3-,4?,5-,6?/m1/s1. The molecule has 0 aromatic rings. The summed E-state index contributed by atoms with van der Waals surface area (Å²) in [6.45, 7) is -1.02. The maximum absolute atomic E-state index is 9.36. The van der Waals surface area contributed by atoms with Gasteiger partial charge in [0.05, 0.1) is 13.2 Å². The molecule has 1 heterocycles. The minimum atomic E-state index is -2.26. The van der Waals surface area contributed by atoms with Crippen molar-refractivity contribution < 1.29 is 30.3 Å². The van der Waals surface area contributed by atoms with Crippen molar-refractivity contribution in [3.63, 3.8) is 0 Å². The quantitative estimate of drug-likeness (QED) is 0.306. The molecule has 6 heteroatoms. The van der Waals surface area contributed by atoms with Crippen LogP contribution >= 0.6 is 0 Å². The molecular formula is C6H12O6. The number of hydrogen-bond acceptors (Lipinski definition) is 6. The van der Waals surface area contributed by atoms with Gasteiger partial charge in [-0.2, -0.15) is 0 Å². The molecule has 0 spiro atoms. The Balaban J connectivity index is 2.71. The lowest BCUT2D eigenvalue weighted by atomic mass is 10.0. The minimum absolute atomic E-state index is 0.269. The molecule has 0 saturated carbocycles. The molecule has 1 aliphatic rings. The molecule has 0 bridgehead atoms. The van der Waals surface area contributed by atoms with Crippen molar-refractivity contribution in [3.8, 4) is 0 Å². The summed E-state index contributed by atoms with van der Waals surface area (Å²) in [4.78, 5) is 0. The number of aliphatic hydroxyl groups excluding tert-OH is 4. The van der Waals surface area contributed by atoms with Gasteiger partial charge in [0.15, 0.2) is 0 Å². The number of aliphatic hydroxyl groups is 5. The van der Waals surface area contributed by atoms with Crippen molar-refractivity contribution in [2.45, 2.75) is 24.1 Å². The van der Waals surface area contributed by atoms with E-state index in [1.54, 1.807) is 0 Å². The third kappa shape index (κ3) is 1.33. The van der Waals surface area contributed by atoms with Crippen molar-refractivity contribution in [3.05, 3.63) is 0 Å². The van der Waals surface area contributed by atoms with Crippen molar-refractivity contribution in [2.75, 3.05) is 13.2 Å². The van der Waals surface area contributed by atoms with E-state index in [9.17, 15) is 5.11 Å². The molecule has 72 valence electrons. The zero-order chi connectivity index (χ0) is 9.35. The average molecular weight is 180 g/mol. The number of ether oxygens (including phenoxy) is 1. The Labute approximate surface area is 68.6 Å². The summed E-state index contributed by atoms with van der Waals surface area (Å²) in [7, 11) is 0. The molecular weight excluding hydrogens is 168 g/mol. The van der Waals surface area contributed by atoms with Gasteiger partial charge in [0.2, 0.25) is 5.79 Å². The predicted molar refractivity (Wildman–Crippen MR) is 36.0 cm³/mol. The van der Waals surface area contributed by atoms with Crippen molar-refractivity contribution in [1.29, 1.82) is 0 Å². The van der Waals surface area contributed by atoms with Crippen LogP contribution in [0.15, 0.2) is 0 Å². The number of rotatable bonds is 2. The molecule has 6 nitrogen and oxygen atoms in total. The smallest absolute Gasteiger partial charge is 0.224 e. The predicted octanol–water partition coefficient (Wildman–Crippen LogP) is -3.22. The average Bonchev–Trinajstić information content (AvgIpc) is 2.33. The molecule has 0 aromatic heterocycles. The third-order valence-electron chi connectivity index (χ3n) is 1.92. The summed E-state index contributed by atoms with van der Waals surface area (Å²) in [6.07, 6.45) is -4.46. The molecule has 0 radical (unpaired) electrons. The van der Waals surface area contributed by atoms with Crippen LogP contribution in [0.2, 0.25) is 0 Å². The molecule has 5 N–H and O–H groups in total. The van der Waals surface area contributed by atoms with Gasteiger partial charge in [0.1, 0.15) is 18.3 Å². The van der Waals surface area contributed by atoms with Crippen LogP contribution in [0.4, 0.5) is 0 Å². The highest BCUT2D eigenvalue weighted by molar-refractivity contribution is 4.94. The normalized spacial score (nSPS) is 44.8. The molecule has 0 aromatic carbocycles. The first-order chi connectivity index (χ1) is 5.52. The van der Waals surface area contributed by atoms with Crippen LogP contribution in [0, 0.1) is 0 Å². The van der Waals surface area contributed by atoms with E-state index in [1.165, 1.54) is 0 Å². The van der Waals surface area contributed by atoms with Gasteiger partial charge in [0, 0.05) is 0 Å². The lowest BCUT2D eigenvalue weighted by Crippen LogP contribution is -2.53. The second-order valence-corrected chi connectivity index (χ2v) is 2.77. The highest BCUT2D eigenvalue weighted by Gasteiger charge is 2.52.